The van der Waals surface area contributed by atoms with E-state index in [4.69, 9.17) is 5.11 Å². The molecule has 1 saturated carbocycles. The number of aliphatic carboxylic acids is 1. The second kappa shape index (κ2) is 4.39. The summed E-state index contributed by atoms with van der Waals surface area (Å²) < 4.78 is 0. The van der Waals surface area contributed by atoms with Crippen LogP contribution in [-0.2, 0) is 16.8 Å². The highest BCUT2D eigenvalue weighted by atomic mass is 16.4. The maximum Gasteiger partial charge on any atom is 0.304 e. The van der Waals surface area contributed by atoms with Gasteiger partial charge in [-0.3, -0.25) is 9.69 Å². The van der Waals surface area contributed by atoms with Gasteiger partial charge in [0, 0.05) is 25.0 Å². The quantitative estimate of drug-likeness (QED) is 0.889. The molecule has 0 aromatic heterocycles. The highest BCUT2D eigenvalue weighted by Gasteiger charge is 2.43. The number of hydrogen-bond acceptors (Lipinski definition) is 2. The van der Waals surface area contributed by atoms with Crippen LogP contribution in [0.25, 0.3) is 0 Å². The van der Waals surface area contributed by atoms with Crippen LogP contribution in [0.5, 0.6) is 0 Å². The SMILES string of the molecule is O=C(O)CCN1Cc2ccccc2C2(CCC2)C1. The summed E-state index contributed by atoms with van der Waals surface area (Å²) in [7, 11) is 0. The average molecular weight is 245 g/mol. The zero-order chi connectivity index (χ0) is 12.6. The number of nitrogens with zero attached hydrogens (tertiary/aromatic N) is 1. The van der Waals surface area contributed by atoms with Crippen LogP contribution in [0.1, 0.15) is 36.8 Å². The molecule has 0 bridgehead atoms. The van der Waals surface area contributed by atoms with Crippen LogP contribution in [0.3, 0.4) is 0 Å². The van der Waals surface area contributed by atoms with E-state index in [1.165, 1.54) is 30.4 Å². The normalized spacial score (nSPS) is 21.3. The molecule has 1 N–H and O–H groups in total. The lowest BCUT2D eigenvalue weighted by Crippen LogP contribution is -2.50. The van der Waals surface area contributed by atoms with Crippen molar-refractivity contribution in [1.29, 1.82) is 0 Å². The van der Waals surface area contributed by atoms with Gasteiger partial charge in [0.15, 0.2) is 0 Å². The summed E-state index contributed by atoms with van der Waals surface area (Å²) in [6.07, 6.45) is 4.07. The fourth-order valence-corrected chi connectivity index (χ4v) is 3.43. The first-order valence-electron chi connectivity index (χ1n) is 6.72. The summed E-state index contributed by atoms with van der Waals surface area (Å²) >= 11 is 0. The van der Waals surface area contributed by atoms with Gasteiger partial charge in [-0.1, -0.05) is 30.7 Å². The van der Waals surface area contributed by atoms with Gasteiger partial charge >= 0.3 is 5.97 Å². The number of carbonyl (C=O) groups is 1. The predicted molar refractivity (Wildman–Crippen MR) is 69.5 cm³/mol. The van der Waals surface area contributed by atoms with E-state index in [0.29, 0.717) is 12.0 Å². The Bertz CT molecular complexity index is 465. The summed E-state index contributed by atoms with van der Waals surface area (Å²) in [5.41, 5.74) is 3.24. The molecule has 3 rings (SSSR count). The Labute approximate surface area is 107 Å². The van der Waals surface area contributed by atoms with Gasteiger partial charge in [-0.2, -0.15) is 0 Å². The molecule has 3 heteroatoms. The van der Waals surface area contributed by atoms with E-state index in [1.54, 1.807) is 0 Å². The lowest BCUT2D eigenvalue weighted by Gasteiger charge is -2.50. The van der Waals surface area contributed by atoms with Crippen molar-refractivity contribution in [2.45, 2.75) is 37.6 Å². The number of rotatable bonds is 3. The van der Waals surface area contributed by atoms with Crippen LogP contribution < -0.4 is 0 Å². The Morgan fingerprint density at radius 3 is 2.78 bits per heavy atom. The maximum absolute atomic E-state index is 10.7. The van der Waals surface area contributed by atoms with Gasteiger partial charge in [-0.15, -0.1) is 0 Å². The lowest BCUT2D eigenvalue weighted by molar-refractivity contribution is -0.137. The number of benzene rings is 1. The van der Waals surface area contributed by atoms with Crippen molar-refractivity contribution in [3.8, 4) is 0 Å². The molecule has 1 aliphatic carbocycles. The Morgan fingerprint density at radius 1 is 1.33 bits per heavy atom. The summed E-state index contributed by atoms with van der Waals surface area (Å²) in [6.45, 7) is 2.62. The Kier molecular flexibility index (Phi) is 2.86. The first kappa shape index (κ1) is 11.7. The minimum absolute atomic E-state index is 0.248. The fourth-order valence-electron chi connectivity index (χ4n) is 3.43. The van der Waals surface area contributed by atoms with E-state index in [2.05, 4.69) is 29.2 Å². The molecule has 1 aromatic rings. The van der Waals surface area contributed by atoms with Crippen LogP contribution >= 0.6 is 0 Å². The molecule has 96 valence electrons. The number of carboxylic acid groups (broad SMARTS) is 1. The predicted octanol–water partition coefficient (Wildman–Crippen LogP) is 2.40. The molecule has 2 aliphatic rings. The monoisotopic (exact) mass is 245 g/mol. The topological polar surface area (TPSA) is 40.5 Å². The van der Waals surface area contributed by atoms with E-state index in [9.17, 15) is 4.79 Å². The highest BCUT2D eigenvalue weighted by Crippen LogP contribution is 2.48. The first-order valence-corrected chi connectivity index (χ1v) is 6.72. The molecule has 0 unspecified atom stereocenters. The molecule has 1 fully saturated rings. The van der Waals surface area contributed by atoms with E-state index >= 15 is 0 Å². The van der Waals surface area contributed by atoms with Gasteiger partial charge in [0.25, 0.3) is 0 Å². The minimum atomic E-state index is -0.698. The minimum Gasteiger partial charge on any atom is -0.481 e. The molecule has 18 heavy (non-hydrogen) atoms. The van der Waals surface area contributed by atoms with E-state index in [0.717, 1.165) is 13.1 Å². The summed E-state index contributed by atoms with van der Waals surface area (Å²) in [6, 6.07) is 8.68. The molecule has 1 aliphatic heterocycles. The third kappa shape index (κ3) is 1.93. The van der Waals surface area contributed by atoms with Crippen LogP contribution in [-0.4, -0.2) is 29.1 Å². The molecule has 0 atom stereocenters. The fraction of sp³-hybridized carbons (Fsp3) is 0.533. The molecule has 1 spiro atoms. The van der Waals surface area contributed by atoms with Crippen LogP contribution in [0.15, 0.2) is 24.3 Å². The summed E-state index contributed by atoms with van der Waals surface area (Å²) in [4.78, 5) is 13.0. The molecule has 0 amide bonds. The molecule has 1 aromatic carbocycles. The largest absolute Gasteiger partial charge is 0.481 e. The highest BCUT2D eigenvalue weighted by molar-refractivity contribution is 5.66. The zero-order valence-electron chi connectivity index (χ0n) is 10.6. The van der Waals surface area contributed by atoms with Gasteiger partial charge in [0.05, 0.1) is 6.42 Å². The van der Waals surface area contributed by atoms with Gasteiger partial charge in [-0.25, -0.2) is 0 Å². The van der Waals surface area contributed by atoms with Crippen LogP contribution in [0, 0.1) is 0 Å². The smallest absolute Gasteiger partial charge is 0.304 e. The third-order valence-electron chi connectivity index (χ3n) is 4.46. The maximum atomic E-state index is 10.7. The summed E-state index contributed by atoms with van der Waals surface area (Å²) in [5.74, 6) is -0.698. The van der Waals surface area contributed by atoms with Crippen molar-refractivity contribution in [2.75, 3.05) is 13.1 Å². The number of hydrogen-bond donors (Lipinski definition) is 1. The van der Waals surface area contributed by atoms with Gasteiger partial charge in [0.1, 0.15) is 0 Å². The Hall–Kier alpha value is -1.35. The van der Waals surface area contributed by atoms with Gasteiger partial charge in [0.2, 0.25) is 0 Å². The van der Waals surface area contributed by atoms with Crippen molar-refractivity contribution < 1.29 is 9.90 Å². The number of fused-ring (bicyclic) bond motifs is 2. The van der Waals surface area contributed by atoms with Gasteiger partial charge < -0.3 is 5.11 Å². The first-order chi connectivity index (χ1) is 8.70. The van der Waals surface area contributed by atoms with Crippen molar-refractivity contribution in [3.05, 3.63) is 35.4 Å². The Balaban J connectivity index is 1.82. The van der Waals surface area contributed by atoms with Crippen molar-refractivity contribution in [2.24, 2.45) is 0 Å². The standard InChI is InChI=1S/C15H19NO2/c17-14(18)6-9-16-10-12-4-1-2-5-13(12)15(11-16)7-3-8-15/h1-2,4-5H,3,6-11H2,(H,17,18). The molecule has 0 saturated heterocycles. The average Bonchev–Trinajstić information content (AvgIpc) is 2.33. The van der Waals surface area contributed by atoms with Crippen molar-refractivity contribution in [3.63, 3.8) is 0 Å². The van der Waals surface area contributed by atoms with Crippen molar-refractivity contribution in [1.82, 2.24) is 4.90 Å². The van der Waals surface area contributed by atoms with E-state index in [-0.39, 0.29) is 6.42 Å². The summed E-state index contributed by atoms with van der Waals surface area (Å²) in [5, 5.41) is 8.81. The molecule has 3 nitrogen and oxygen atoms in total. The second-order valence-electron chi connectivity index (χ2n) is 5.65. The number of carboxylic acids is 1. The lowest BCUT2D eigenvalue weighted by atomic mass is 9.61. The Morgan fingerprint density at radius 2 is 2.11 bits per heavy atom. The van der Waals surface area contributed by atoms with Crippen LogP contribution in [0.2, 0.25) is 0 Å². The van der Waals surface area contributed by atoms with Gasteiger partial charge in [-0.05, 0) is 24.0 Å². The van der Waals surface area contributed by atoms with E-state index < -0.39 is 5.97 Å². The van der Waals surface area contributed by atoms with Crippen molar-refractivity contribution >= 4 is 5.97 Å². The third-order valence-corrected chi connectivity index (χ3v) is 4.46. The molecule has 1 heterocycles. The van der Waals surface area contributed by atoms with Crippen LogP contribution in [0.4, 0.5) is 0 Å². The van der Waals surface area contributed by atoms with E-state index in [1.807, 2.05) is 0 Å². The second-order valence-corrected chi connectivity index (χ2v) is 5.65. The molecular weight excluding hydrogens is 226 g/mol. The zero-order valence-corrected chi connectivity index (χ0v) is 10.6. The molecular formula is C15H19NO2. The molecule has 0 radical (unpaired) electrons.